The average Bonchev–Trinajstić information content (AvgIpc) is 2.45. The third kappa shape index (κ3) is 5.24. The number of rotatable bonds is 9. The summed E-state index contributed by atoms with van der Waals surface area (Å²) in [6, 6.07) is 5.88. The average molecular weight is 279 g/mol. The molecule has 0 aliphatic rings. The Morgan fingerprint density at radius 3 is 2.50 bits per heavy atom. The first-order chi connectivity index (χ1) is 9.62. The first kappa shape index (κ1) is 17.2. The molecule has 0 spiro atoms. The van der Waals surface area contributed by atoms with Crippen molar-refractivity contribution in [1.82, 2.24) is 5.32 Å². The van der Waals surface area contributed by atoms with Gasteiger partial charge in [-0.15, -0.1) is 0 Å². The van der Waals surface area contributed by atoms with E-state index in [1.807, 2.05) is 19.1 Å². The van der Waals surface area contributed by atoms with E-state index in [0.29, 0.717) is 6.04 Å². The van der Waals surface area contributed by atoms with Crippen molar-refractivity contribution in [2.45, 2.75) is 65.8 Å². The summed E-state index contributed by atoms with van der Waals surface area (Å²) >= 11 is 0. The van der Waals surface area contributed by atoms with Gasteiger partial charge in [-0.05, 0) is 43.0 Å². The van der Waals surface area contributed by atoms with Gasteiger partial charge in [0.15, 0.2) is 0 Å². The van der Waals surface area contributed by atoms with E-state index in [0.717, 1.165) is 24.4 Å². The maximum atomic E-state index is 13.4. The first-order valence-electron chi connectivity index (χ1n) is 8.11. The smallest absolute Gasteiger partial charge is 0.126 e. The standard InChI is InChI=1S/C18H30FN/c1-5-8-9-15(6-2)13-18(20-7-3)16-10-11-17(19)14(4)12-16/h10-12,15,18,20H,5-9,13H2,1-4H3. The highest BCUT2D eigenvalue weighted by Crippen LogP contribution is 2.27. The quantitative estimate of drug-likeness (QED) is 0.639. The molecule has 1 N–H and O–H groups in total. The van der Waals surface area contributed by atoms with E-state index in [1.54, 1.807) is 6.07 Å². The molecule has 20 heavy (non-hydrogen) atoms. The van der Waals surface area contributed by atoms with Crippen LogP contribution in [0.4, 0.5) is 4.39 Å². The van der Waals surface area contributed by atoms with Crippen molar-refractivity contribution < 1.29 is 4.39 Å². The monoisotopic (exact) mass is 279 g/mol. The molecule has 0 saturated carbocycles. The van der Waals surface area contributed by atoms with Crippen LogP contribution in [0.25, 0.3) is 0 Å². The summed E-state index contributed by atoms with van der Waals surface area (Å²) in [4.78, 5) is 0. The molecule has 1 nitrogen and oxygen atoms in total. The van der Waals surface area contributed by atoms with Gasteiger partial charge in [0.05, 0.1) is 0 Å². The van der Waals surface area contributed by atoms with Crippen molar-refractivity contribution in [3.63, 3.8) is 0 Å². The second-order valence-electron chi connectivity index (χ2n) is 5.77. The lowest BCUT2D eigenvalue weighted by Gasteiger charge is -2.24. The van der Waals surface area contributed by atoms with E-state index >= 15 is 0 Å². The SMILES string of the molecule is CCCCC(CC)CC(NCC)c1ccc(F)c(C)c1. The van der Waals surface area contributed by atoms with Gasteiger partial charge in [-0.1, -0.05) is 58.6 Å². The molecule has 2 unspecified atom stereocenters. The molecule has 2 heteroatoms. The van der Waals surface area contributed by atoms with E-state index in [4.69, 9.17) is 0 Å². The minimum Gasteiger partial charge on any atom is -0.310 e. The Bertz CT molecular complexity index is 389. The fourth-order valence-corrected chi connectivity index (χ4v) is 2.78. The molecule has 0 radical (unpaired) electrons. The Hall–Kier alpha value is -0.890. The van der Waals surface area contributed by atoms with Gasteiger partial charge in [-0.2, -0.15) is 0 Å². The van der Waals surface area contributed by atoms with Crippen LogP contribution in [0.1, 0.15) is 70.0 Å². The van der Waals surface area contributed by atoms with Crippen molar-refractivity contribution >= 4 is 0 Å². The molecule has 0 heterocycles. The van der Waals surface area contributed by atoms with Gasteiger partial charge in [0.1, 0.15) is 5.82 Å². The summed E-state index contributed by atoms with van der Waals surface area (Å²) in [6.07, 6.45) is 6.24. The fraction of sp³-hybridized carbons (Fsp3) is 0.667. The van der Waals surface area contributed by atoms with Crippen LogP contribution in [0.15, 0.2) is 18.2 Å². The largest absolute Gasteiger partial charge is 0.310 e. The van der Waals surface area contributed by atoms with Gasteiger partial charge >= 0.3 is 0 Å². The summed E-state index contributed by atoms with van der Waals surface area (Å²) in [6.45, 7) is 9.45. The molecule has 0 saturated heterocycles. The van der Waals surface area contributed by atoms with Gasteiger partial charge in [0.2, 0.25) is 0 Å². The lowest BCUT2D eigenvalue weighted by molar-refractivity contribution is 0.356. The van der Waals surface area contributed by atoms with Crippen LogP contribution in [-0.2, 0) is 0 Å². The van der Waals surface area contributed by atoms with Crippen LogP contribution in [0, 0.1) is 18.7 Å². The van der Waals surface area contributed by atoms with Gasteiger partial charge in [-0.3, -0.25) is 0 Å². The van der Waals surface area contributed by atoms with Crippen LogP contribution in [0.3, 0.4) is 0 Å². The Morgan fingerprint density at radius 2 is 1.95 bits per heavy atom. The number of aryl methyl sites for hydroxylation is 1. The third-order valence-electron chi connectivity index (χ3n) is 4.15. The zero-order valence-electron chi connectivity index (χ0n) is 13.5. The molecule has 0 fully saturated rings. The van der Waals surface area contributed by atoms with Crippen LogP contribution >= 0.6 is 0 Å². The number of nitrogens with one attached hydrogen (secondary N) is 1. The molecule has 0 bridgehead atoms. The van der Waals surface area contributed by atoms with Crippen molar-refractivity contribution in [2.24, 2.45) is 5.92 Å². The minimum absolute atomic E-state index is 0.109. The zero-order chi connectivity index (χ0) is 15.0. The molecule has 1 aromatic rings. The molecule has 114 valence electrons. The van der Waals surface area contributed by atoms with E-state index in [2.05, 4.69) is 26.1 Å². The van der Waals surface area contributed by atoms with E-state index in [9.17, 15) is 4.39 Å². The zero-order valence-corrected chi connectivity index (χ0v) is 13.5. The topological polar surface area (TPSA) is 12.0 Å². The molecule has 1 aromatic carbocycles. The van der Waals surface area contributed by atoms with Crippen LogP contribution in [0.2, 0.25) is 0 Å². The number of halogens is 1. The lowest BCUT2D eigenvalue weighted by Crippen LogP contribution is -2.23. The maximum Gasteiger partial charge on any atom is 0.126 e. The molecule has 1 rings (SSSR count). The second-order valence-corrected chi connectivity index (χ2v) is 5.77. The Balaban J connectivity index is 2.78. The van der Waals surface area contributed by atoms with Gasteiger partial charge in [-0.25, -0.2) is 4.39 Å². The summed E-state index contributed by atoms with van der Waals surface area (Å²) in [5.74, 6) is 0.645. The molecule has 0 aliphatic heterocycles. The number of hydrogen-bond acceptors (Lipinski definition) is 1. The Kier molecular flexibility index (Phi) is 7.83. The van der Waals surface area contributed by atoms with Gasteiger partial charge < -0.3 is 5.32 Å². The van der Waals surface area contributed by atoms with Gasteiger partial charge in [0, 0.05) is 6.04 Å². The third-order valence-corrected chi connectivity index (χ3v) is 4.15. The van der Waals surface area contributed by atoms with Crippen LogP contribution in [0.5, 0.6) is 0 Å². The number of unbranched alkanes of at least 4 members (excludes halogenated alkanes) is 1. The van der Waals surface area contributed by atoms with Crippen LogP contribution in [-0.4, -0.2) is 6.54 Å². The van der Waals surface area contributed by atoms with Crippen molar-refractivity contribution in [2.75, 3.05) is 6.54 Å². The summed E-state index contributed by atoms with van der Waals surface area (Å²) in [5.41, 5.74) is 1.97. The first-order valence-corrected chi connectivity index (χ1v) is 8.11. The van der Waals surface area contributed by atoms with Crippen molar-refractivity contribution in [1.29, 1.82) is 0 Å². The number of hydrogen-bond donors (Lipinski definition) is 1. The Labute approximate surface area is 124 Å². The highest BCUT2D eigenvalue weighted by atomic mass is 19.1. The summed E-state index contributed by atoms with van der Waals surface area (Å²) < 4.78 is 13.4. The summed E-state index contributed by atoms with van der Waals surface area (Å²) in [5, 5.41) is 3.56. The van der Waals surface area contributed by atoms with E-state index in [-0.39, 0.29) is 5.82 Å². The molecule has 0 amide bonds. The fourth-order valence-electron chi connectivity index (χ4n) is 2.78. The highest BCUT2D eigenvalue weighted by molar-refractivity contribution is 5.26. The summed E-state index contributed by atoms with van der Waals surface area (Å²) in [7, 11) is 0. The Morgan fingerprint density at radius 1 is 1.20 bits per heavy atom. The molecule has 2 atom stereocenters. The predicted octanol–water partition coefficient (Wildman–Crippen LogP) is 5.39. The second kappa shape index (κ2) is 9.12. The molecule has 0 aromatic heterocycles. The van der Waals surface area contributed by atoms with Crippen molar-refractivity contribution in [3.8, 4) is 0 Å². The minimum atomic E-state index is -0.109. The van der Waals surface area contributed by atoms with Crippen LogP contribution < -0.4 is 5.32 Å². The molecular weight excluding hydrogens is 249 g/mol. The van der Waals surface area contributed by atoms with Gasteiger partial charge in [0.25, 0.3) is 0 Å². The van der Waals surface area contributed by atoms with E-state index in [1.165, 1.54) is 31.2 Å². The highest BCUT2D eigenvalue weighted by Gasteiger charge is 2.16. The normalized spacial score (nSPS) is 14.2. The predicted molar refractivity (Wildman–Crippen MR) is 85.5 cm³/mol. The molecule has 0 aliphatic carbocycles. The lowest BCUT2D eigenvalue weighted by atomic mass is 9.88. The van der Waals surface area contributed by atoms with Crippen molar-refractivity contribution in [3.05, 3.63) is 35.1 Å². The number of benzene rings is 1. The molecular formula is C18H30FN. The van der Waals surface area contributed by atoms with E-state index < -0.39 is 0 Å². The maximum absolute atomic E-state index is 13.4.